The van der Waals surface area contributed by atoms with Crippen LogP contribution >= 0.6 is 34.3 Å². The van der Waals surface area contributed by atoms with Crippen LogP contribution in [0, 0.1) is 0 Å². The van der Waals surface area contributed by atoms with Crippen LogP contribution in [-0.4, -0.2) is 28.6 Å². The van der Waals surface area contributed by atoms with Gasteiger partial charge >= 0.3 is 5.97 Å². The van der Waals surface area contributed by atoms with Crippen molar-refractivity contribution >= 4 is 56.2 Å². The molecular formula is C19H14ClN3O4S2. The highest BCUT2D eigenvalue weighted by atomic mass is 35.5. The summed E-state index contributed by atoms with van der Waals surface area (Å²) >= 11 is 9.02. The van der Waals surface area contributed by atoms with Gasteiger partial charge in [-0.1, -0.05) is 35.9 Å². The topological polar surface area (TPSA) is 94.3 Å². The van der Waals surface area contributed by atoms with Crippen LogP contribution in [0.25, 0.3) is 20.9 Å². The van der Waals surface area contributed by atoms with Gasteiger partial charge in [-0.2, -0.15) is 0 Å². The number of aromatic nitrogens is 2. The van der Waals surface area contributed by atoms with Crippen LogP contribution in [0.15, 0.2) is 46.2 Å². The smallest absolute Gasteiger partial charge is 0.326 e. The highest BCUT2D eigenvalue weighted by Crippen LogP contribution is 2.35. The number of hydrogen-bond donors (Lipinski definition) is 1. The Kier molecular flexibility index (Phi) is 5.61. The van der Waals surface area contributed by atoms with Crippen LogP contribution in [0.5, 0.6) is 0 Å². The van der Waals surface area contributed by atoms with Crippen molar-refractivity contribution in [2.75, 3.05) is 6.54 Å². The van der Waals surface area contributed by atoms with Crippen molar-refractivity contribution in [3.05, 3.63) is 57.6 Å². The zero-order chi connectivity index (χ0) is 20.4. The summed E-state index contributed by atoms with van der Waals surface area (Å²) in [7, 11) is 0. The molecule has 0 radical (unpaired) electrons. The van der Waals surface area contributed by atoms with Crippen molar-refractivity contribution in [2.24, 2.45) is 0 Å². The first-order valence-electron chi connectivity index (χ1n) is 8.55. The number of amides is 1. The van der Waals surface area contributed by atoms with Gasteiger partial charge in [0.25, 0.3) is 17.7 Å². The molecule has 1 N–H and O–H groups in total. The molecule has 0 aliphatic carbocycles. The number of rotatable bonds is 6. The minimum absolute atomic E-state index is 0.181. The third-order valence-electron chi connectivity index (χ3n) is 3.96. The molecule has 0 aliphatic rings. The first kappa shape index (κ1) is 19.6. The van der Waals surface area contributed by atoms with E-state index in [1.54, 1.807) is 6.92 Å². The lowest BCUT2D eigenvalue weighted by Gasteiger charge is -2.09. The van der Waals surface area contributed by atoms with Gasteiger partial charge in [0.05, 0.1) is 9.90 Å². The fourth-order valence-corrected chi connectivity index (χ4v) is 4.66. The number of nitrogens with zero attached hydrogens (tertiary/aromatic N) is 2. The molecule has 0 fully saturated rings. The number of carbonyl (C=O) groups excluding carboxylic acids is 2. The largest absolute Gasteiger partial charge is 0.451 e. The molecule has 0 spiro atoms. The van der Waals surface area contributed by atoms with Crippen LogP contribution in [0.3, 0.4) is 0 Å². The molecule has 3 heterocycles. The summed E-state index contributed by atoms with van der Waals surface area (Å²) in [4.78, 5) is 25.7. The summed E-state index contributed by atoms with van der Waals surface area (Å²) in [5, 5.41) is 13.5. The average molecular weight is 448 g/mol. The number of benzene rings is 1. The average Bonchev–Trinajstić information content (AvgIpc) is 3.46. The van der Waals surface area contributed by atoms with E-state index in [9.17, 15) is 9.59 Å². The predicted octanol–water partition coefficient (Wildman–Crippen LogP) is 4.70. The second kappa shape index (κ2) is 8.32. The zero-order valence-electron chi connectivity index (χ0n) is 15.0. The summed E-state index contributed by atoms with van der Waals surface area (Å²) in [5.41, 5.74) is 0. The molecule has 0 saturated carbocycles. The Bertz CT molecular complexity index is 1170. The van der Waals surface area contributed by atoms with Gasteiger partial charge in [-0.15, -0.1) is 32.9 Å². The first-order chi connectivity index (χ1) is 14.0. The fourth-order valence-electron chi connectivity index (χ4n) is 2.58. The van der Waals surface area contributed by atoms with E-state index >= 15 is 0 Å². The minimum atomic E-state index is -0.742. The van der Waals surface area contributed by atoms with Gasteiger partial charge in [-0.3, -0.25) is 9.59 Å². The van der Waals surface area contributed by atoms with Gasteiger partial charge in [0.15, 0.2) is 6.10 Å². The Balaban J connectivity index is 1.34. The lowest BCUT2D eigenvalue weighted by molar-refractivity contribution is -0.148. The molecule has 3 aromatic heterocycles. The normalized spacial score (nSPS) is 12.1. The molecule has 29 heavy (non-hydrogen) atoms. The van der Waals surface area contributed by atoms with Crippen LogP contribution in [-0.2, 0) is 9.53 Å². The van der Waals surface area contributed by atoms with E-state index in [-0.39, 0.29) is 12.4 Å². The maximum Gasteiger partial charge on any atom is 0.326 e. The van der Waals surface area contributed by atoms with E-state index in [0.717, 1.165) is 15.0 Å². The molecule has 1 unspecified atom stereocenters. The van der Waals surface area contributed by atoms with Crippen molar-refractivity contribution in [2.45, 2.75) is 13.0 Å². The molecule has 1 atom stereocenters. The van der Waals surface area contributed by atoms with Gasteiger partial charge in [0.1, 0.15) is 11.4 Å². The van der Waals surface area contributed by atoms with Crippen molar-refractivity contribution in [3.8, 4) is 10.8 Å². The molecular weight excluding hydrogens is 434 g/mol. The van der Waals surface area contributed by atoms with Crippen LogP contribution < -0.4 is 5.32 Å². The number of ether oxygens (including phenoxy) is 1. The molecule has 4 rings (SSSR count). The number of thiophene rings is 2. The number of fused-ring (bicyclic) bond motifs is 1. The van der Waals surface area contributed by atoms with Crippen molar-refractivity contribution < 1.29 is 18.7 Å². The monoisotopic (exact) mass is 447 g/mol. The second-order valence-corrected chi connectivity index (χ2v) is 8.36. The van der Waals surface area contributed by atoms with Crippen LogP contribution in [0.1, 0.15) is 28.6 Å². The molecule has 0 bridgehead atoms. The van der Waals surface area contributed by atoms with Gasteiger partial charge in [-0.05, 0) is 24.4 Å². The Labute approximate surface area is 178 Å². The molecule has 4 aromatic rings. The second-order valence-electron chi connectivity index (χ2n) is 5.98. The van der Waals surface area contributed by atoms with Crippen LogP contribution in [0.2, 0.25) is 5.02 Å². The Morgan fingerprint density at radius 2 is 2.07 bits per heavy atom. The Morgan fingerprint density at radius 1 is 1.24 bits per heavy atom. The molecule has 0 aliphatic heterocycles. The molecule has 10 heteroatoms. The summed E-state index contributed by atoms with van der Waals surface area (Å²) < 4.78 is 11.7. The van der Waals surface area contributed by atoms with E-state index in [2.05, 4.69) is 15.5 Å². The van der Waals surface area contributed by atoms with Gasteiger partial charge in [0, 0.05) is 10.1 Å². The summed E-state index contributed by atoms with van der Waals surface area (Å²) in [6.07, 6.45) is -0.742. The SMILES string of the molecule is CC(OC(=O)CNC(=O)c1sc2ccccc2c1Cl)c1nnc(-c2cccs2)o1. The Hall–Kier alpha value is -2.75. The van der Waals surface area contributed by atoms with Crippen molar-refractivity contribution in [1.29, 1.82) is 0 Å². The van der Waals surface area contributed by atoms with Gasteiger partial charge in [0.2, 0.25) is 0 Å². The number of carbonyl (C=O) groups is 2. The van der Waals surface area contributed by atoms with Crippen molar-refractivity contribution in [3.63, 3.8) is 0 Å². The molecule has 7 nitrogen and oxygen atoms in total. The number of hydrogen-bond acceptors (Lipinski definition) is 8. The Morgan fingerprint density at radius 3 is 2.83 bits per heavy atom. The number of esters is 1. The minimum Gasteiger partial charge on any atom is -0.451 e. The van der Waals surface area contributed by atoms with E-state index in [1.807, 2.05) is 41.8 Å². The summed E-state index contributed by atoms with van der Waals surface area (Å²) in [5.74, 6) is -0.510. The third kappa shape index (κ3) is 4.16. The molecule has 1 aromatic carbocycles. The maximum atomic E-state index is 12.4. The van der Waals surface area contributed by atoms with Crippen molar-refractivity contribution in [1.82, 2.24) is 15.5 Å². The van der Waals surface area contributed by atoms with Gasteiger partial charge in [-0.25, -0.2) is 0 Å². The van der Waals surface area contributed by atoms with E-state index in [0.29, 0.717) is 15.8 Å². The summed E-state index contributed by atoms with van der Waals surface area (Å²) in [6, 6.07) is 11.2. The van der Waals surface area contributed by atoms with E-state index in [1.165, 1.54) is 22.7 Å². The van der Waals surface area contributed by atoms with Gasteiger partial charge < -0.3 is 14.5 Å². The van der Waals surface area contributed by atoms with E-state index < -0.39 is 18.0 Å². The fraction of sp³-hybridized carbons (Fsp3) is 0.158. The predicted molar refractivity (Wildman–Crippen MR) is 111 cm³/mol. The van der Waals surface area contributed by atoms with Crippen LogP contribution in [0.4, 0.5) is 0 Å². The summed E-state index contributed by atoms with van der Waals surface area (Å²) in [6.45, 7) is 1.31. The van der Waals surface area contributed by atoms with E-state index in [4.69, 9.17) is 20.8 Å². The third-order valence-corrected chi connectivity index (χ3v) is 6.50. The quantitative estimate of drug-likeness (QED) is 0.430. The molecule has 148 valence electrons. The number of nitrogens with one attached hydrogen (secondary N) is 1. The lowest BCUT2D eigenvalue weighted by Crippen LogP contribution is -2.30. The zero-order valence-corrected chi connectivity index (χ0v) is 17.4. The standard InChI is InChI=1S/C19H14ClN3O4S2/c1-10(18-22-23-19(27-18)13-7-4-8-28-13)26-14(24)9-21-17(25)16-15(20)11-5-2-3-6-12(11)29-16/h2-8,10H,9H2,1H3,(H,21,25). The number of halogens is 1. The highest BCUT2D eigenvalue weighted by molar-refractivity contribution is 7.21. The molecule has 0 saturated heterocycles. The highest BCUT2D eigenvalue weighted by Gasteiger charge is 2.21. The first-order valence-corrected chi connectivity index (χ1v) is 10.6. The lowest BCUT2D eigenvalue weighted by atomic mass is 10.2. The molecule has 1 amide bonds. The maximum absolute atomic E-state index is 12.4.